The van der Waals surface area contributed by atoms with Gasteiger partial charge in [0.1, 0.15) is 5.82 Å². The summed E-state index contributed by atoms with van der Waals surface area (Å²) in [5, 5.41) is 6.24. The maximum absolute atomic E-state index is 12.0. The number of nitrogens with zero attached hydrogens (tertiary/aromatic N) is 4. The van der Waals surface area contributed by atoms with Crippen LogP contribution >= 0.6 is 0 Å². The van der Waals surface area contributed by atoms with Gasteiger partial charge in [0.05, 0.1) is 18.4 Å². The maximum atomic E-state index is 12.0. The van der Waals surface area contributed by atoms with E-state index in [0.29, 0.717) is 12.4 Å². The second kappa shape index (κ2) is 5.46. The minimum Gasteiger partial charge on any atom is -0.344 e. The number of fused-ring (bicyclic) bond motifs is 1. The molecule has 0 aliphatic carbocycles. The summed E-state index contributed by atoms with van der Waals surface area (Å²) in [5.41, 5.74) is 1.03. The number of hydrogen-bond donors (Lipinski definition) is 2. The van der Waals surface area contributed by atoms with Crippen molar-refractivity contribution < 1.29 is 4.79 Å². The topological polar surface area (TPSA) is 76.8 Å². The Morgan fingerprint density at radius 3 is 3.15 bits per heavy atom. The predicted octanol–water partition coefficient (Wildman–Crippen LogP) is -0.308. The van der Waals surface area contributed by atoms with E-state index in [4.69, 9.17) is 0 Å². The molecule has 0 spiro atoms. The highest BCUT2D eigenvalue weighted by Gasteiger charge is 2.15. The molecule has 106 valence electrons. The van der Waals surface area contributed by atoms with Crippen LogP contribution in [0.5, 0.6) is 0 Å². The lowest BCUT2D eigenvalue weighted by Crippen LogP contribution is -2.27. The van der Waals surface area contributed by atoms with Crippen molar-refractivity contribution in [2.45, 2.75) is 19.5 Å². The first-order chi connectivity index (χ1) is 9.75. The van der Waals surface area contributed by atoms with Crippen molar-refractivity contribution in [1.29, 1.82) is 0 Å². The van der Waals surface area contributed by atoms with Crippen molar-refractivity contribution in [3.05, 3.63) is 35.9 Å². The van der Waals surface area contributed by atoms with Crippen molar-refractivity contribution in [1.82, 2.24) is 29.7 Å². The van der Waals surface area contributed by atoms with Crippen molar-refractivity contribution in [2.24, 2.45) is 7.05 Å². The molecule has 3 heterocycles. The van der Waals surface area contributed by atoms with Crippen LogP contribution in [0.4, 0.5) is 0 Å². The average molecular weight is 274 g/mol. The van der Waals surface area contributed by atoms with Crippen LogP contribution in [0.1, 0.15) is 22.1 Å². The van der Waals surface area contributed by atoms with Crippen LogP contribution < -0.4 is 10.6 Å². The molecular formula is C13H18N6O. The van der Waals surface area contributed by atoms with Crippen molar-refractivity contribution in [3.63, 3.8) is 0 Å². The number of imidazole rings is 2. The van der Waals surface area contributed by atoms with Crippen LogP contribution in [0, 0.1) is 0 Å². The lowest BCUT2D eigenvalue weighted by Gasteiger charge is -2.09. The Morgan fingerprint density at radius 2 is 2.35 bits per heavy atom. The predicted molar refractivity (Wildman–Crippen MR) is 73.2 cm³/mol. The van der Waals surface area contributed by atoms with Crippen LogP contribution in [0.3, 0.4) is 0 Å². The van der Waals surface area contributed by atoms with E-state index in [1.165, 1.54) is 0 Å². The lowest BCUT2D eigenvalue weighted by molar-refractivity contribution is 0.0936. The van der Waals surface area contributed by atoms with Crippen molar-refractivity contribution in [2.75, 3.05) is 13.1 Å². The fourth-order valence-corrected chi connectivity index (χ4v) is 2.42. The summed E-state index contributed by atoms with van der Waals surface area (Å²) >= 11 is 0. The first-order valence-electron chi connectivity index (χ1n) is 6.75. The third kappa shape index (κ3) is 2.44. The summed E-state index contributed by atoms with van der Waals surface area (Å²) in [6.07, 6.45) is 6.14. The number of nitrogens with one attached hydrogen (secondary N) is 2. The van der Waals surface area contributed by atoms with Gasteiger partial charge in [-0.3, -0.25) is 4.79 Å². The van der Waals surface area contributed by atoms with Gasteiger partial charge in [-0.05, 0) is 0 Å². The number of aromatic nitrogens is 4. The lowest BCUT2D eigenvalue weighted by atomic mass is 10.4. The van der Waals surface area contributed by atoms with Crippen molar-refractivity contribution >= 4 is 5.91 Å². The Labute approximate surface area is 117 Å². The van der Waals surface area contributed by atoms with E-state index in [1.54, 1.807) is 24.0 Å². The van der Waals surface area contributed by atoms with Gasteiger partial charge in [-0.25, -0.2) is 9.97 Å². The van der Waals surface area contributed by atoms with Gasteiger partial charge in [0, 0.05) is 45.5 Å². The highest BCUT2D eigenvalue weighted by Crippen LogP contribution is 2.08. The minimum atomic E-state index is -0.167. The Bertz CT molecular complexity index is 614. The zero-order valence-electron chi connectivity index (χ0n) is 11.5. The first kappa shape index (κ1) is 12.9. The van der Waals surface area contributed by atoms with Gasteiger partial charge in [-0.1, -0.05) is 0 Å². The van der Waals surface area contributed by atoms with E-state index < -0.39 is 0 Å². The molecule has 2 N–H and O–H groups in total. The van der Waals surface area contributed by atoms with Crippen molar-refractivity contribution in [3.8, 4) is 0 Å². The van der Waals surface area contributed by atoms with Crippen LogP contribution in [-0.2, 0) is 26.6 Å². The maximum Gasteiger partial charge on any atom is 0.287 e. The summed E-state index contributed by atoms with van der Waals surface area (Å²) < 4.78 is 3.88. The van der Waals surface area contributed by atoms with Crippen LogP contribution in [-0.4, -0.2) is 38.1 Å². The van der Waals surface area contributed by atoms with Gasteiger partial charge in [0.15, 0.2) is 5.82 Å². The van der Waals surface area contributed by atoms with Gasteiger partial charge in [-0.15, -0.1) is 0 Å². The number of carbonyl (C=O) groups excluding carboxylic acids is 1. The second-order valence-electron chi connectivity index (χ2n) is 4.86. The SMILES string of the molecule is Cn1ccnc1C(=O)NCc1cnc2n1CCNCC2. The summed E-state index contributed by atoms with van der Waals surface area (Å²) in [7, 11) is 1.80. The molecule has 2 aromatic rings. The molecular weight excluding hydrogens is 256 g/mol. The van der Waals surface area contributed by atoms with Crippen LogP contribution in [0.25, 0.3) is 0 Å². The minimum absolute atomic E-state index is 0.167. The molecule has 0 aromatic carbocycles. The zero-order valence-corrected chi connectivity index (χ0v) is 11.5. The van der Waals surface area contributed by atoms with Gasteiger partial charge >= 0.3 is 0 Å². The van der Waals surface area contributed by atoms with E-state index in [-0.39, 0.29) is 5.91 Å². The molecule has 0 saturated carbocycles. The Balaban J connectivity index is 1.68. The van der Waals surface area contributed by atoms with E-state index >= 15 is 0 Å². The average Bonchev–Trinajstić information content (AvgIpc) is 2.96. The number of rotatable bonds is 3. The molecule has 7 heteroatoms. The highest BCUT2D eigenvalue weighted by molar-refractivity contribution is 5.90. The summed E-state index contributed by atoms with van der Waals surface area (Å²) in [6.45, 7) is 3.25. The zero-order chi connectivity index (χ0) is 13.9. The Kier molecular flexibility index (Phi) is 3.51. The highest BCUT2D eigenvalue weighted by atomic mass is 16.2. The summed E-state index contributed by atoms with van der Waals surface area (Å²) in [5.74, 6) is 1.33. The van der Waals surface area contributed by atoms with E-state index in [9.17, 15) is 4.79 Å². The number of hydrogen-bond acceptors (Lipinski definition) is 4. The Hall–Kier alpha value is -2.15. The first-order valence-corrected chi connectivity index (χ1v) is 6.75. The molecule has 3 rings (SSSR count). The molecule has 1 aliphatic rings. The summed E-state index contributed by atoms with van der Waals surface area (Å²) in [6, 6.07) is 0. The van der Waals surface area contributed by atoms with E-state index in [1.807, 2.05) is 6.20 Å². The smallest absolute Gasteiger partial charge is 0.287 e. The molecule has 0 unspecified atom stereocenters. The molecule has 0 radical (unpaired) electrons. The largest absolute Gasteiger partial charge is 0.344 e. The monoisotopic (exact) mass is 274 g/mol. The van der Waals surface area contributed by atoms with Crippen LogP contribution in [0.15, 0.2) is 18.6 Å². The van der Waals surface area contributed by atoms with E-state index in [2.05, 4.69) is 25.2 Å². The molecule has 0 bridgehead atoms. The third-order valence-corrected chi connectivity index (χ3v) is 3.51. The molecule has 2 aromatic heterocycles. The fraction of sp³-hybridized carbons (Fsp3) is 0.462. The molecule has 0 atom stereocenters. The number of carbonyl (C=O) groups is 1. The van der Waals surface area contributed by atoms with Gasteiger partial charge in [0.2, 0.25) is 0 Å². The molecule has 20 heavy (non-hydrogen) atoms. The molecule has 7 nitrogen and oxygen atoms in total. The van der Waals surface area contributed by atoms with Gasteiger partial charge in [-0.2, -0.15) is 0 Å². The molecule has 1 aliphatic heterocycles. The molecule has 1 amide bonds. The number of aryl methyl sites for hydroxylation is 1. The number of amides is 1. The normalized spacial score (nSPS) is 14.7. The Morgan fingerprint density at radius 1 is 1.45 bits per heavy atom. The quantitative estimate of drug-likeness (QED) is 0.805. The standard InChI is InChI=1S/C13H18N6O/c1-18-6-5-15-12(18)13(20)17-9-10-8-16-11-2-3-14-4-7-19(10)11/h5-6,8,14H,2-4,7,9H2,1H3,(H,17,20). The summed E-state index contributed by atoms with van der Waals surface area (Å²) in [4.78, 5) is 20.5. The molecule has 0 fully saturated rings. The second-order valence-corrected chi connectivity index (χ2v) is 4.86. The van der Waals surface area contributed by atoms with Crippen LogP contribution in [0.2, 0.25) is 0 Å². The third-order valence-electron chi connectivity index (χ3n) is 3.51. The van der Waals surface area contributed by atoms with Gasteiger partial charge < -0.3 is 19.8 Å². The fourth-order valence-electron chi connectivity index (χ4n) is 2.42. The van der Waals surface area contributed by atoms with E-state index in [0.717, 1.165) is 37.6 Å². The molecule has 0 saturated heterocycles. The van der Waals surface area contributed by atoms with Gasteiger partial charge in [0.25, 0.3) is 5.91 Å².